The molecule has 0 radical (unpaired) electrons. The van der Waals surface area contributed by atoms with Crippen molar-refractivity contribution in [3.8, 4) is 0 Å². The van der Waals surface area contributed by atoms with E-state index in [0.717, 1.165) is 6.29 Å². The van der Waals surface area contributed by atoms with Crippen molar-refractivity contribution in [2.75, 3.05) is 0 Å². The molecule has 5 heteroatoms. The number of carboxylic acids is 2. The van der Waals surface area contributed by atoms with Crippen LogP contribution >= 0.6 is 0 Å². The lowest BCUT2D eigenvalue weighted by molar-refractivity contribution is -0.143. The average molecular weight is 162 g/mol. The van der Waals surface area contributed by atoms with Gasteiger partial charge in [0.2, 0.25) is 0 Å². The van der Waals surface area contributed by atoms with Crippen LogP contribution in [0.1, 0.15) is 19.8 Å². The molecule has 2 N–H and O–H groups in total. The predicted molar refractivity (Wildman–Crippen MR) is 36.2 cm³/mol. The van der Waals surface area contributed by atoms with Crippen molar-refractivity contribution in [2.45, 2.75) is 19.8 Å². The number of carbonyl (C=O) groups excluding carboxylic acids is 1. The molecule has 0 rings (SSSR count). The van der Waals surface area contributed by atoms with Crippen LogP contribution in [0.5, 0.6) is 0 Å². The summed E-state index contributed by atoms with van der Waals surface area (Å²) in [4.78, 5) is 28.1. The van der Waals surface area contributed by atoms with Gasteiger partial charge >= 0.3 is 11.9 Å². The quantitative estimate of drug-likeness (QED) is 0.576. The lowest BCUT2D eigenvalue weighted by Gasteiger charge is -1.85. The van der Waals surface area contributed by atoms with E-state index in [2.05, 4.69) is 0 Å². The third-order valence-electron chi connectivity index (χ3n) is 0.553. The number of carboxylic acid groups (broad SMARTS) is 2. The average Bonchev–Trinajstić information content (AvgIpc) is 1.85. The molecule has 0 aliphatic carbocycles. The summed E-state index contributed by atoms with van der Waals surface area (Å²) in [6, 6.07) is 0. The Bertz CT molecular complexity index is 126. The van der Waals surface area contributed by atoms with Crippen LogP contribution in [-0.2, 0) is 14.4 Å². The molecule has 0 aliphatic rings. The van der Waals surface area contributed by atoms with Crippen molar-refractivity contribution in [1.29, 1.82) is 0 Å². The topological polar surface area (TPSA) is 91.7 Å². The highest BCUT2D eigenvalue weighted by Gasteiger charge is 2.00. The Morgan fingerprint density at radius 1 is 1.18 bits per heavy atom. The summed E-state index contributed by atoms with van der Waals surface area (Å²) in [7, 11) is 0. The van der Waals surface area contributed by atoms with Crippen molar-refractivity contribution in [3.05, 3.63) is 0 Å². The molecule has 0 bridgehead atoms. The summed E-state index contributed by atoms with van der Waals surface area (Å²) >= 11 is 0. The maximum Gasteiger partial charge on any atom is 0.303 e. The fraction of sp³-hybridized carbons (Fsp3) is 0.500. The van der Waals surface area contributed by atoms with E-state index in [1.807, 2.05) is 0 Å². The zero-order valence-corrected chi connectivity index (χ0v) is 6.11. The van der Waals surface area contributed by atoms with Crippen molar-refractivity contribution in [3.63, 3.8) is 0 Å². The van der Waals surface area contributed by atoms with Gasteiger partial charge in [0.1, 0.15) is 6.29 Å². The van der Waals surface area contributed by atoms with Gasteiger partial charge in [0.25, 0.3) is 0 Å². The third-order valence-corrected chi connectivity index (χ3v) is 0.553. The van der Waals surface area contributed by atoms with Gasteiger partial charge in [-0.25, -0.2) is 0 Å². The number of aldehydes is 1. The zero-order chi connectivity index (χ0) is 9.28. The van der Waals surface area contributed by atoms with Crippen LogP contribution in [0.3, 0.4) is 0 Å². The highest BCUT2D eigenvalue weighted by atomic mass is 16.4. The molecule has 0 spiro atoms. The maximum absolute atomic E-state index is 9.64. The number of rotatable bonds is 3. The molecule has 0 fully saturated rings. The SMILES string of the molecule is CC=O.O=C(O)CCC(=O)O. The molecule has 11 heavy (non-hydrogen) atoms. The Balaban J connectivity index is 0. The molecular formula is C6H10O5. The van der Waals surface area contributed by atoms with Crippen molar-refractivity contribution >= 4 is 18.2 Å². The fourth-order valence-corrected chi connectivity index (χ4v) is 0.214. The molecule has 0 saturated carbocycles. The Morgan fingerprint density at radius 2 is 1.36 bits per heavy atom. The highest BCUT2D eigenvalue weighted by Crippen LogP contribution is 1.85. The molecule has 0 aliphatic heterocycles. The first-order valence-electron chi connectivity index (χ1n) is 2.88. The van der Waals surface area contributed by atoms with E-state index < -0.39 is 11.9 Å². The molecule has 5 nitrogen and oxygen atoms in total. The number of aliphatic carboxylic acids is 2. The molecule has 0 heterocycles. The van der Waals surface area contributed by atoms with Crippen LogP contribution in [0.2, 0.25) is 0 Å². The third kappa shape index (κ3) is 28.9. The van der Waals surface area contributed by atoms with Crippen LogP contribution in [0, 0.1) is 0 Å². The smallest absolute Gasteiger partial charge is 0.303 e. The summed E-state index contributed by atoms with van der Waals surface area (Å²) in [6.07, 6.45) is 0.157. The first-order chi connectivity index (χ1) is 5.04. The molecule has 64 valence electrons. The summed E-state index contributed by atoms with van der Waals surface area (Å²) < 4.78 is 0. The van der Waals surface area contributed by atoms with E-state index in [9.17, 15) is 9.59 Å². The van der Waals surface area contributed by atoms with Crippen LogP contribution in [0.25, 0.3) is 0 Å². The minimum atomic E-state index is -1.08. The minimum Gasteiger partial charge on any atom is -0.481 e. The molecule has 0 aromatic carbocycles. The number of carbonyl (C=O) groups is 3. The monoisotopic (exact) mass is 162 g/mol. The van der Waals surface area contributed by atoms with E-state index >= 15 is 0 Å². The molecule has 0 atom stereocenters. The molecule has 0 aromatic heterocycles. The molecule has 0 aromatic rings. The zero-order valence-electron chi connectivity index (χ0n) is 6.11. The van der Waals surface area contributed by atoms with Gasteiger partial charge in [0.15, 0.2) is 0 Å². The van der Waals surface area contributed by atoms with Gasteiger partial charge in [-0.3, -0.25) is 9.59 Å². The van der Waals surface area contributed by atoms with Crippen LogP contribution in [0.15, 0.2) is 0 Å². The lowest BCUT2D eigenvalue weighted by atomic mass is 10.3. The molecule has 0 unspecified atom stereocenters. The van der Waals surface area contributed by atoms with Gasteiger partial charge in [-0.05, 0) is 6.92 Å². The van der Waals surface area contributed by atoms with Gasteiger partial charge in [-0.15, -0.1) is 0 Å². The number of hydrogen-bond acceptors (Lipinski definition) is 3. The summed E-state index contributed by atoms with van der Waals surface area (Å²) in [5.74, 6) is -2.15. The molecule has 0 amide bonds. The van der Waals surface area contributed by atoms with Crippen molar-refractivity contribution < 1.29 is 24.6 Å². The van der Waals surface area contributed by atoms with Crippen molar-refractivity contribution in [1.82, 2.24) is 0 Å². The van der Waals surface area contributed by atoms with E-state index in [4.69, 9.17) is 15.0 Å². The molecule has 0 saturated heterocycles. The van der Waals surface area contributed by atoms with E-state index in [0.29, 0.717) is 0 Å². The second-order valence-electron chi connectivity index (χ2n) is 1.52. The molecular weight excluding hydrogens is 152 g/mol. The Kier molecular flexibility index (Phi) is 9.63. The van der Waals surface area contributed by atoms with E-state index in [-0.39, 0.29) is 12.8 Å². The van der Waals surface area contributed by atoms with Gasteiger partial charge in [0, 0.05) is 0 Å². The predicted octanol–water partition coefficient (Wildman–Crippen LogP) is 0.141. The van der Waals surface area contributed by atoms with Gasteiger partial charge < -0.3 is 15.0 Å². The second-order valence-corrected chi connectivity index (χ2v) is 1.52. The van der Waals surface area contributed by atoms with Gasteiger partial charge in [-0.2, -0.15) is 0 Å². The Hall–Kier alpha value is -1.39. The standard InChI is InChI=1S/C4H6O4.C2H4O/c5-3(6)1-2-4(7)8;1-2-3/h1-2H2,(H,5,6)(H,7,8);2H,1H3. The Morgan fingerprint density at radius 3 is 1.45 bits per heavy atom. The summed E-state index contributed by atoms with van der Waals surface area (Å²) in [5, 5.41) is 15.8. The van der Waals surface area contributed by atoms with E-state index in [1.54, 1.807) is 0 Å². The normalized spacial score (nSPS) is 7.36. The Labute approximate surface area is 63.6 Å². The van der Waals surface area contributed by atoms with Gasteiger partial charge in [0.05, 0.1) is 12.8 Å². The van der Waals surface area contributed by atoms with Crippen LogP contribution < -0.4 is 0 Å². The van der Waals surface area contributed by atoms with Gasteiger partial charge in [-0.1, -0.05) is 0 Å². The highest BCUT2D eigenvalue weighted by molar-refractivity contribution is 5.75. The fourth-order valence-electron chi connectivity index (χ4n) is 0.214. The first kappa shape index (κ1) is 12.3. The second kappa shape index (κ2) is 8.61. The van der Waals surface area contributed by atoms with Crippen LogP contribution in [0.4, 0.5) is 0 Å². The first-order valence-corrected chi connectivity index (χ1v) is 2.88. The summed E-state index contributed by atoms with van der Waals surface area (Å²) in [6.45, 7) is 1.44. The minimum absolute atomic E-state index is 0.296. The maximum atomic E-state index is 9.64. The summed E-state index contributed by atoms with van der Waals surface area (Å²) in [5.41, 5.74) is 0. The van der Waals surface area contributed by atoms with Crippen molar-refractivity contribution in [2.24, 2.45) is 0 Å². The number of hydrogen-bond donors (Lipinski definition) is 2. The van der Waals surface area contributed by atoms with Crippen LogP contribution in [-0.4, -0.2) is 28.4 Å². The largest absolute Gasteiger partial charge is 0.481 e. The lowest BCUT2D eigenvalue weighted by Crippen LogP contribution is -2.00. The van der Waals surface area contributed by atoms with E-state index in [1.165, 1.54) is 6.92 Å².